The smallest absolute Gasteiger partial charge is 0.356 e. The number of thioether (sulfide) groups is 2. The number of carbonyl (C=O) groups excluding carboxylic acids is 2. The molecule has 2 fully saturated rings. The average molecular weight is 497 g/mol. The zero-order chi connectivity index (χ0) is 23.5. The number of esters is 1. The summed E-state index contributed by atoms with van der Waals surface area (Å²) in [4.78, 5) is 28.8. The Kier molecular flexibility index (Phi) is 7.29. The number of rotatable bonds is 7. The van der Waals surface area contributed by atoms with Gasteiger partial charge in [-0.15, -0.1) is 23.5 Å². The lowest BCUT2D eigenvalue weighted by molar-refractivity contribution is -0.152. The van der Waals surface area contributed by atoms with Crippen molar-refractivity contribution in [3.8, 4) is 0 Å². The van der Waals surface area contributed by atoms with Gasteiger partial charge in [0.25, 0.3) is 0 Å². The molecule has 0 bridgehead atoms. The van der Waals surface area contributed by atoms with Gasteiger partial charge >= 0.3 is 5.97 Å². The van der Waals surface area contributed by atoms with Gasteiger partial charge < -0.3 is 15.2 Å². The lowest BCUT2D eigenvalue weighted by atomic mass is 10.0. The minimum absolute atomic E-state index is 0.168. The summed E-state index contributed by atoms with van der Waals surface area (Å²) >= 11 is 3.21. The summed E-state index contributed by atoms with van der Waals surface area (Å²) in [5.74, 6) is 0.666. The summed E-state index contributed by atoms with van der Waals surface area (Å²) in [7, 11) is 0. The van der Waals surface area contributed by atoms with Crippen molar-refractivity contribution in [2.75, 3.05) is 18.1 Å². The molecule has 178 valence electrons. The van der Waals surface area contributed by atoms with E-state index in [-0.39, 0.29) is 17.4 Å². The van der Waals surface area contributed by atoms with Crippen LogP contribution in [0.15, 0.2) is 71.3 Å². The van der Waals surface area contributed by atoms with Crippen molar-refractivity contribution in [2.45, 2.75) is 42.9 Å². The first-order valence-corrected chi connectivity index (χ1v) is 13.7. The van der Waals surface area contributed by atoms with Crippen LogP contribution in [0.3, 0.4) is 0 Å². The number of nitrogens with zero attached hydrogens (tertiary/aromatic N) is 1. The number of hydrogen-bond donors (Lipinski definition) is 1. The van der Waals surface area contributed by atoms with E-state index in [2.05, 4.69) is 0 Å². The van der Waals surface area contributed by atoms with Crippen LogP contribution in [0.1, 0.15) is 36.5 Å². The topological polar surface area (TPSA) is 81.9 Å². The van der Waals surface area contributed by atoms with Gasteiger partial charge in [0.05, 0.1) is 6.10 Å². The minimum atomic E-state index is -0.583. The van der Waals surface area contributed by atoms with E-state index in [9.17, 15) is 9.59 Å². The lowest BCUT2D eigenvalue weighted by Gasteiger charge is -2.48. The van der Waals surface area contributed by atoms with Crippen molar-refractivity contribution >= 4 is 35.4 Å². The fourth-order valence-corrected chi connectivity index (χ4v) is 7.11. The van der Waals surface area contributed by atoms with Crippen LogP contribution in [0.25, 0.3) is 0 Å². The summed E-state index contributed by atoms with van der Waals surface area (Å²) in [6.45, 7) is 0.783. The van der Waals surface area contributed by atoms with Crippen LogP contribution in [0.2, 0.25) is 0 Å². The highest BCUT2D eigenvalue weighted by Crippen LogP contribution is 2.44. The highest BCUT2D eigenvalue weighted by Gasteiger charge is 2.52. The largest absolute Gasteiger partial charge is 0.448 e. The number of amides is 1. The fourth-order valence-electron chi connectivity index (χ4n) is 4.47. The Bertz CT molecular complexity index is 1020. The van der Waals surface area contributed by atoms with Gasteiger partial charge in [-0.05, 0) is 30.4 Å². The van der Waals surface area contributed by atoms with E-state index < -0.39 is 18.1 Å². The first-order valence-electron chi connectivity index (χ1n) is 11.6. The van der Waals surface area contributed by atoms with Gasteiger partial charge in [0, 0.05) is 23.0 Å². The second kappa shape index (κ2) is 10.6. The second-order valence-corrected chi connectivity index (χ2v) is 10.8. The molecule has 0 saturated carbocycles. The molecule has 2 aromatic carbocycles. The summed E-state index contributed by atoms with van der Waals surface area (Å²) < 4.78 is 12.0. The first-order chi connectivity index (χ1) is 16.6. The molecule has 1 amide bonds. The lowest BCUT2D eigenvalue weighted by Crippen LogP contribution is -2.68. The van der Waals surface area contributed by atoms with Crippen LogP contribution in [-0.2, 0) is 19.1 Å². The highest BCUT2D eigenvalue weighted by atomic mass is 32.2. The van der Waals surface area contributed by atoms with Crippen molar-refractivity contribution in [2.24, 2.45) is 5.73 Å². The van der Waals surface area contributed by atoms with E-state index in [4.69, 9.17) is 15.2 Å². The number of hydrogen-bond acceptors (Lipinski definition) is 7. The quantitative estimate of drug-likeness (QED) is 0.457. The van der Waals surface area contributed by atoms with E-state index in [1.165, 1.54) is 4.90 Å². The van der Waals surface area contributed by atoms with Crippen molar-refractivity contribution < 1.29 is 19.1 Å². The SMILES string of the molecule is NC1C(=O)N2C(C(=O)OC(c3ccccc3)c3ccccc3)=C(SCC3CCCCO3)CSC12. The van der Waals surface area contributed by atoms with Gasteiger partial charge in [-0.25, -0.2) is 4.79 Å². The molecule has 3 heterocycles. The van der Waals surface area contributed by atoms with Gasteiger partial charge in [0.2, 0.25) is 5.91 Å². The number of nitrogens with two attached hydrogens (primary N) is 1. The van der Waals surface area contributed by atoms with Crippen LogP contribution < -0.4 is 5.73 Å². The molecule has 0 aliphatic carbocycles. The van der Waals surface area contributed by atoms with Crippen LogP contribution >= 0.6 is 23.5 Å². The van der Waals surface area contributed by atoms with Crippen LogP contribution in [0.4, 0.5) is 0 Å². The van der Waals surface area contributed by atoms with Crippen molar-refractivity contribution in [3.05, 3.63) is 82.4 Å². The fraction of sp³-hybridized carbons (Fsp3) is 0.385. The summed E-state index contributed by atoms with van der Waals surface area (Å²) in [5, 5.41) is -0.225. The number of ether oxygens (including phenoxy) is 2. The molecular weight excluding hydrogens is 468 g/mol. The predicted octanol–water partition coefficient (Wildman–Crippen LogP) is 4.08. The minimum Gasteiger partial charge on any atom is -0.448 e. The molecule has 3 aliphatic rings. The van der Waals surface area contributed by atoms with E-state index >= 15 is 0 Å². The Balaban J connectivity index is 1.43. The molecule has 0 aromatic heterocycles. The van der Waals surface area contributed by atoms with Crippen molar-refractivity contribution in [1.82, 2.24) is 4.90 Å². The normalized spacial score (nSPS) is 24.6. The average Bonchev–Trinajstić information content (AvgIpc) is 2.91. The molecule has 2 saturated heterocycles. The molecule has 2 aromatic rings. The van der Waals surface area contributed by atoms with Gasteiger partial charge in [-0.2, -0.15) is 0 Å². The molecule has 3 aliphatic heterocycles. The van der Waals surface area contributed by atoms with Gasteiger partial charge in [0.15, 0.2) is 6.10 Å². The molecule has 34 heavy (non-hydrogen) atoms. The van der Waals surface area contributed by atoms with Crippen LogP contribution in [0, 0.1) is 0 Å². The van der Waals surface area contributed by atoms with E-state index in [1.807, 2.05) is 60.7 Å². The number of carbonyl (C=O) groups is 2. The highest BCUT2D eigenvalue weighted by molar-refractivity contribution is 8.06. The molecule has 5 rings (SSSR count). The number of fused-ring (bicyclic) bond motifs is 1. The zero-order valence-corrected chi connectivity index (χ0v) is 20.4. The Morgan fingerprint density at radius 3 is 2.41 bits per heavy atom. The molecule has 3 atom stereocenters. The van der Waals surface area contributed by atoms with Crippen molar-refractivity contribution in [1.29, 1.82) is 0 Å². The molecular formula is C26H28N2O4S2. The predicted molar refractivity (Wildman–Crippen MR) is 135 cm³/mol. The Morgan fingerprint density at radius 2 is 1.79 bits per heavy atom. The monoisotopic (exact) mass is 496 g/mol. The Hall–Kier alpha value is -2.26. The molecule has 0 radical (unpaired) electrons. The summed E-state index contributed by atoms with van der Waals surface area (Å²) in [6.07, 6.45) is 2.87. The third-order valence-electron chi connectivity index (χ3n) is 6.31. The molecule has 2 N–H and O–H groups in total. The Morgan fingerprint density at radius 1 is 1.12 bits per heavy atom. The molecule has 8 heteroatoms. The van der Waals surface area contributed by atoms with E-state index in [1.54, 1.807) is 23.5 Å². The first kappa shape index (κ1) is 23.5. The van der Waals surface area contributed by atoms with Crippen molar-refractivity contribution in [3.63, 3.8) is 0 Å². The Labute approximate surface area is 208 Å². The maximum atomic E-state index is 13.7. The number of β-lactam (4-membered cyclic amide) rings is 1. The van der Waals surface area contributed by atoms with Gasteiger partial charge in [0.1, 0.15) is 17.1 Å². The molecule has 3 unspecified atom stereocenters. The van der Waals surface area contributed by atoms with Crippen LogP contribution in [0.5, 0.6) is 0 Å². The second-order valence-electron chi connectivity index (χ2n) is 8.61. The standard InChI is InChI=1S/C26H28N2O4S2/c27-21-24(29)28-22(20(16-34-25(21)28)33-15-19-13-7-8-14-31-19)26(30)32-23(17-9-3-1-4-10-17)18-11-5-2-6-12-18/h1-6,9-12,19,21,23,25H,7-8,13-16,27H2. The summed E-state index contributed by atoms with van der Waals surface area (Å²) in [6, 6.07) is 18.8. The number of benzene rings is 2. The maximum absolute atomic E-state index is 13.7. The third kappa shape index (κ3) is 4.77. The van der Waals surface area contributed by atoms with Gasteiger partial charge in [-0.1, -0.05) is 60.7 Å². The van der Waals surface area contributed by atoms with Crippen LogP contribution in [-0.4, -0.2) is 52.4 Å². The van der Waals surface area contributed by atoms with E-state index in [0.29, 0.717) is 11.4 Å². The maximum Gasteiger partial charge on any atom is 0.356 e. The van der Waals surface area contributed by atoms with E-state index in [0.717, 1.165) is 47.7 Å². The molecule has 6 nitrogen and oxygen atoms in total. The molecule has 0 spiro atoms. The zero-order valence-electron chi connectivity index (χ0n) is 18.8. The summed E-state index contributed by atoms with van der Waals surface area (Å²) in [5.41, 5.74) is 8.14. The third-order valence-corrected chi connectivity index (χ3v) is 9.02. The van der Waals surface area contributed by atoms with Gasteiger partial charge in [-0.3, -0.25) is 9.69 Å².